The Morgan fingerprint density at radius 1 is 1.35 bits per heavy atom. The van der Waals surface area contributed by atoms with Crippen molar-refractivity contribution in [2.24, 2.45) is 5.92 Å². The first kappa shape index (κ1) is 14.4. The van der Waals surface area contributed by atoms with Crippen molar-refractivity contribution in [3.63, 3.8) is 0 Å². The van der Waals surface area contributed by atoms with Crippen molar-refractivity contribution in [1.82, 2.24) is 13.6 Å². The maximum atomic E-state index is 12.6. The zero-order valence-electron chi connectivity index (χ0n) is 11.9. The lowest BCUT2D eigenvalue weighted by Crippen LogP contribution is -2.46. The highest BCUT2D eigenvalue weighted by atomic mass is 32.2. The molecule has 7 heteroatoms. The Labute approximate surface area is 124 Å². The van der Waals surface area contributed by atoms with Gasteiger partial charge in [0.05, 0.1) is 22.7 Å². The van der Waals surface area contributed by atoms with Gasteiger partial charge in [-0.3, -0.25) is 0 Å². The van der Waals surface area contributed by atoms with Gasteiger partial charge in [0.15, 0.2) is 5.03 Å². The number of nitrogens with zero attached hydrogens (tertiary/aromatic N) is 3. The van der Waals surface area contributed by atoms with E-state index in [2.05, 4.69) is 13.6 Å². The second kappa shape index (κ2) is 5.35. The molecule has 0 spiro atoms. The van der Waals surface area contributed by atoms with Gasteiger partial charge in [-0.2, -0.15) is 8.75 Å². The summed E-state index contributed by atoms with van der Waals surface area (Å²) in [6, 6.07) is 0. The monoisotopic (exact) mass is 315 g/mol. The average molecular weight is 315 g/mol. The number of sulfone groups is 1. The highest BCUT2D eigenvalue weighted by Crippen LogP contribution is 2.40. The minimum Gasteiger partial charge on any atom is -0.303 e. The fraction of sp³-hybridized carbons (Fsp3) is 0.846. The van der Waals surface area contributed by atoms with E-state index >= 15 is 0 Å². The molecule has 2 bridgehead atoms. The molecule has 5 nitrogen and oxygen atoms in total. The smallest absolute Gasteiger partial charge is 0.201 e. The molecule has 2 atom stereocenters. The van der Waals surface area contributed by atoms with Crippen molar-refractivity contribution in [3.05, 3.63) is 5.69 Å². The van der Waals surface area contributed by atoms with Crippen LogP contribution in [0, 0.1) is 5.92 Å². The molecule has 0 N–H and O–H groups in total. The van der Waals surface area contributed by atoms with E-state index in [-0.39, 0.29) is 16.2 Å². The molecule has 20 heavy (non-hydrogen) atoms. The van der Waals surface area contributed by atoms with Crippen LogP contribution in [-0.2, 0) is 9.84 Å². The predicted molar refractivity (Wildman–Crippen MR) is 78.8 cm³/mol. The standard InChI is InChI=1S/C13H21N3O2S2/c1-3-9(2)20(17,18)13-12(14-19-15-13)11-8-16-6-4-10(11)5-7-16/h9-11H,3-8H2,1-2H3. The molecule has 4 rings (SSSR count). The number of aromatic nitrogens is 2. The van der Waals surface area contributed by atoms with Gasteiger partial charge < -0.3 is 4.90 Å². The summed E-state index contributed by atoms with van der Waals surface area (Å²) in [6.07, 6.45) is 2.93. The minimum absolute atomic E-state index is 0.255. The van der Waals surface area contributed by atoms with E-state index in [0.29, 0.717) is 12.3 Å². The Kier molecular flexibility index (Phi) is 3.85. The van der Waals surface area contributed by atoms with Crippen LogP contribution in [0.5, 0.6) is 0 Å². The van der Waals surface area contributed by atoms with Gasteiger partial charge in [0.25, 0.3) is 0 Å². The summed E-state index contributed by atoms with van der Waals surface area (Å²) in [7, 11) is -3.32. The Morgan fingerprint density at radius 2 is 2.05 bits per heavy atom. The van der Waals surface area contributed by atoms with Crippen molar-refractivity contribution in [1.29, 1.82) is 0 Å². The molecule has 112 valence electrons. The zero-order valence-corrected chi connectivity index (χ0v) is 13.6. The number of rotatable bonds is 4. The molecular formula is C13H21N3O2S2. The van der Waals surface area contributed by atoms with Crippen LogP contribution in [0.2, 0.25) is 0 Å². The van der Waals surface area contributed by atoms with Gasteiger partial charge in [0.2, 0.25) is 9.84 Å². The highest BCUT2D eigenvalue weighted by Gasteiger charge is 2.40. The van der Waals surface area contributed by atoms with Gasteiger partial charge in [-0.25, -0.2) is 8.42 Å². The molecule has 3 fully saturated rings. The fourth-order valence-corrected chi connectivity index (χ4v) is 5.70. The first-order valence-electron chi connectivity index (χ1n) is 7.32. The van der Waals surface area contributed by atoms with E-state index in [1.165, 1.54) is 0 Å². The number of hydrogen-bond donors (Lipinski definition) is 0. The minimum atomic E-state index is -3.32. The van der Waals surface area contributed by atoms with Gasteiger partial charge in [0.1, 0.15) is 0 Å². The lowest BCUT2D eigenvalue weighted by Gasteiger charge is -2.44. The van der Waals surface area contributed by atoms with Crippen molar-refractivity contribution in [2.45, 2.75) is 49.3 Å². The van der Waals surface area contributed by atoms with Crippen molar-refractivity contribution in [2.75, 3.05) is 19.6 Å². The van der Waals surface area contributed by atoms with E-state index in [1.54, 1.807) is 6.92 Å². The summed E-state index contributed by atoms with van der Waals surface area (Å²) in [4.78, 5) is 2.42. The first-order valence-corrected chi connectivity index (χ1v) is 9.60. The van der Waals surface area contributed by atoms with E-state index in [0.717, 1.165) is 49.9 Å². The molecule has 1 aromatic heterocycles. The summed E-state index contributed by atoms with van der Waals surface area (Å²) in [5.74, 6) is 0.833. The quantitative estimate of drug-likeness (QED) is 0.849. The summed E-state index contributed by atoms with van der Waals surface area (Å²) in [5, 5.41) is -0.123. The molecule has 0 aromatic carbocycles. The van der Waals surface area contributed by atoms with E-state index in [9.17, 15) is 8.42 Å². The second-order valence-corrected chi connectivity index (χ2v) is 8.77. The maximum Gasteiger partial charge on any atom is 0.201 e. The van der Waals surface area contributed by atoms with Gasteiger partial charge in [-0.15, -0.1) is 0 Å². The van der Waals surface area contributed by atoms with Crippen molar-refractivity contribution in [3.8, 4) is 0 Å². The Balaban J connectivity index is 1.95. The predicted octanol–water partition coefficient (Wildman–Crippen LogP) is 1.92. The third-order valence-electron chi connectivity index (χ3n) is 4.86. The molecule has 0 radical (unpaired) electrons. The lowest BCUT2D eigenvalue weighted by atomic mass is 9.78. The number of piperidine rings is 3. The molecule has 0 amide bonds. The molecular weight excluding hydrogens is 294 g/mol. The van der Waals surface area contributed by atoms with Crippen LogP contribution in [0.4, 0.5) is 0 Å². The number of fused-ring (bicyclic) bond motifs is 3. The second-order valence-electron chi connectivity index (χ2n) is 5.96. The Morgan fingerprint density at radius 3 is 2.60 bits per heavy atom. The van der Waals surface area contributed by atoms with Crippen molar-refractivity contribution < 1.29 is 8.42 Å². The van der Waals surface area contributed by atoms with E-state index in [1.807, 2.05) is 6.92 Å². The van der Waals surface area contributed by atoms with Gasteiger partial charge in [-0.1, -0.05) is 6.92 Å². The highest BCUT2D eigenvalue weighted by molar-refractivity contribution is 7.92. The summed E-state index contributed by atoms with van der Waals surface area (Å²) in [6.45, 7) is 6.89. The normalized spacial score (nSPS) is 31.4. The SMILES string of the molecule is CCC(C)S(=O)(=O)c1nsnc1C1CN2CCC1CC2. The van der Waals surface area contributed by atoms with Crippen LogP contribution in [0.15, 0.2) is 5.03 Å². The molecule has 3 aliphatic rings. The van der Waals surface area contributed by atoms with Crippen LogP contribution in [0.25, 0.3) is 0 Å². The third-order valence-corrected chi connectivity index (χ3v) is 7.75. The van der Waals surface area contributed by atoms with Crippen LogP contribution in [0.1, 0.15) is 44.7 Å². The summed E-state index contributed by atoms with van der Waals surface area (Å²) < 4.78 is 33.7. The van der Waals surface area contributed by atoms with Crippen molar-refractivity contribution >= 4 is 21.6 Å². The van der Waals surface area contributed by atoms with E-state index in [4.69, 9.17) is 0 Å². The van der Waals surface area contributed by atoms with Crippen LogP contribution in [0.3, 0.4) is 0 Å². The average Bonchev–Trinajstić information content (AvgIpc) is 2.97. The topological polar surface area (TPSA) is 63.2 Å². The van der Waals surface area contributed by atoms with Gasteiger partial charge in [-0.05, 0) is 45.2 Å². The Bertz CT molecular complexity index is 576. The zero-order chi connectivity index (χ0) is 14.3. The molecule has 2 unspecified atom stereocenters. The van der Waals surface area contributed by atoms with Gasteiger partial charge >= 0.3 is 0 Å². The maximum absolute atomic E-state index is 12.6. The van der Waals surface area contributed by atoms with Crippen LogP contribution < -0.4 is 0 Å². The Hall–Kier alpha value is -0.530. The lowest BCUT2D eigenvalue weighted by molar-refractivity contribution is 0.0845. The molecule has 3 aliphatic heterocycles. The molecule has 0 aliphatic carbocycles. The molecule has 1 aromatic rings. The van der Waals surface area contributed by atoms with E-state index < -0.39 is 9.84 Å². The largest absolute Gasteiger partial charge is 0.303 e. The summed E-state index contributed by atoms with van der Waals surface area (Å²) >= 11 is 1.04. The first-order chi connectivity index (χ1) is 9.54. The number of hydrogen-bond acceptors (Lipinski definition) is 6. The van der Waals surface area contributed by atoms with Crippen LogP contribution in [-0.4, -0.2) is 46.9 Å². The molecule has 4 heterocycles. The summed E-state index contributed by atoms with van der Waals surface area (Å²) in [5.41, 5.74) is 0.740. The van der Waals surface area contributed by atoms with Crippen LogP contribution >= 0.6 is 11.7 Å². The molecule has 0 saturated carbocycles. The van der Waals surface area contributed by atoms with Gasteiger partial charge in [0, 0.05) is 12.5 Å². The molecule has 3 saturated heterocycles. The third kappa shape index (κ3) is 2.29. The fourth-order valence-electron chi connectivity index (χ4n) is 3.30.